The average Bonchev–Trinajstić information content (AvgIpc) is 2.87. The van der Waals surface area contributed by atoms with Crippen LogP contribution in [-0.2, 0) is 11.3 Å². The Morgan fingerprint density at radius 1 is 1.42 bits per heavy atom. The Kier molecular flexibility index (Phi) is 9.43. The van der Waals surface area contributed by atoms with Gasteiger partial charge in [-0.3, -0.25) is 4.79 Å². The fourth-order valence-corrected chi connectivity index (χ4v) is 2.91. The molecule has 0 spiro atoms. The van der Waals surface area contributed by atoms with Crippen LogP contribution in [0.3, 0.4) is 0 Å². The van der Waals surface area contributed by atoms with E-state index in [1.165, 1.54) is 13.2 Å². The maximum absolute atomic E-state index is 13.6. The number of halogens is 1. The van der Waals surface area contributed by atoms with Crippen LogP contribution in [0, 0.1) is 5.82 Å². The van der Waals surface area contributed by atoms with E-state index in [0.29, 0.717) is 12.6 Å². The second kappa shape index (κ2) is 11.3. The molecule has 2 N–H and O–H groups in total. The highest BCUT2D eigenvalue weighted by Crippen LogP contribution is 2.18. The number of likely N-dealkylation sites (tertiary alicyclic amines) is 1. The SMILES string of the molecule is COc1ccc(CNC(=O)N2CCCC(N(C)C)CC2)cc1F.O=CO. The first kappa shape index (κ1) is 21.7. The molecule has 146 valence electrons. The number of carbonyl (C=O) groups excluding carboxylic acids is 1. The van der Waals surface area contributed by atoms with Crippen molar-refractivity contribution < 1.29 is 23.8 Å². The number of hydrogen-bond donors (Lipinski definition) is 2. The van der Waals surface area contributed by atoms with Crippen molar-refractivity contribution in [2.75, 3.05) is 34.3 Å². The predicted molar refractivity (Wildman–Crippen MR) is 96.8 cm³/mol. The minimum absolute atomic E-state index is 0.0827. The van der Waals surface area contributed by atoms with Crippen LogP contribution in [0.2, 0.25) is 0 Å². The lowest BCUT2D eigenvalue weighted by Gasteiger charge is -2.23. The summed E-state index contributed by atoms with van der Waals surface area (Å²) in [5.74, 6) is -0.204. The Labute approximate surface area is 153 Å². The molecule has 0 radical (unpaired) electrons. The first-order valence-corrected chi connectivity index (χ1v) is 8.52. The van der Waals surface area contributed by atoms with E-state index in [0.717, 1.165) is 37.9 Å². The molecule has 2 amide bonds. The van der Waals surface area contributed by atoms with Gasteiger partial charge in [-0.1, -0.05) is 6.07 Å². The Hall–Kier alpha value is -2.35. The van der Waals surface area contributed by atoms with E-state index in [-0.39, 0.29) is 18.3 Å². The number of rotatable bonds is 4. The number of nitrogens with zero attached hydrogens (tertiary/aromatic N) is 2. The zero-order valence-electron chi connectivity index (χ0n) is 15.6. The van der Waals surface area contributed by atoms with Crippen molar-refractivity contribution in [1.29, 1.82) is 0 Å². The molecule has 0 aromatic heterocycles. The molecule has 1 fully saturated rings. The van der Waals surface area contributed by atoms with Gasteiger partial charge in [0.15, 0.2) is 11.6 Å². The molecule has 0 saturated carbocycles. The third kappa shape index (κ3) is 6.87. The van der Waals surface area contributed by atoms with Gasteiger partial charge in [0.05, 0.1) is 7.11 Å². The molecular formula is C18H28FN3O4. The summed E-state index contributed by atoms with van der Waals surface area (Å²) < 4.78 is 18.5. The monoisotopic (exact) mass is 369 g/mol. The lowest BCUT2D eigenvalue weighted by molar-refractivity contribution is -0.122. The van der Waals surface area contributed by atoms with Crippen LogP contribution in [0.4, 0.5) is 9.18 Å². The molecule has 1 unspecified atom stereocenters. The summed E-state index contributed by atoms with van der Waals surface area (Å²) in [5.41, 5.74) is 0.720. The highest BCUT2D eigenvalue weighted by molar-refractivity contribution is 5.74. The van der Waals surface area contributed by atoms with Gasteiger partial charge in [0, 0.05) is 25.7 Å². The van der Waals surface area contributed by atoms with Gasteiger partial charge in [-0.2, -0.15) is 0 Å². The Morgan fingerprint density at radius 2 is 2.12 bits per heavy atom. The summed E-state index contributed by atoms with van der Waals surface area (Å²) >= 11 is 0. The van der Waals surface area contributed by atoms with Crippen molar-refractivity contribution in [3.8, 4) is 5.75 Å². The number of urea groups is 1. The van der Waals surface area contributed by atoms with Crippen molar-refractivity contribution in [2.45, 2.75) is 31.8 Å². The first-order chi connectivity index (χ1) is 12.4. The number of ether oxygens (including phenoxy) is 1. The van der Waals surface area contributed by atoms with Crippen molar-refractivity contribution >= 4 is 12.5 Å². The molecule has 1 atom stereocenters. The van der Waals surface area contributed by atoms with Crippen LogP contribution in [0.25, 0.3) is 0 Å². The van der Waals surface area contributed by atoms with Crippen molar-refractivity contribution in [3.63, 3.8) is 0 Å². The number of carbonyl (C=O) groups is 2. The van der Waals surface area contributed by atoms with Gasteiger partial charge in [0.2, 0.25) is 0 Å². The summed E-state index contributed by atoms with van der Waals surface area (Å²) in [5, 5.41) is 9.76. The van der Waals surface area contributed by atoms with Crippen molar-refractivity contribution in [2.24, 2.45) is 0 Å². The number of carboxylic acid groups (broad SMARTS) is 1. The van der Waals surface area contributed by atoms with Crippen LogP contribution >= 0.6 is 0 Å². The summed E-state index contributed by atoms with van der Waals surface area (Å²) in [4.78, 5) is 24.7. The molecule has 1 aliphatic heterocycles. The second-order valence-corrected chi connectivity index (χ2v) is 6.27. The minimum atomic E-state index is -0.414. The highest BCUT2D eigenvalue weighted by atomic mass is 19.1. The predicted octanol–water partition coefficient (Wildman–Crippen LogP) is 2.16. The summed E-state index contributed by atoms with van der Waals surface area (Å²) in [6.07, 6.45) is 3.10. The molecule has 0 bridgehead atoms. The molecule has 1 aliphatic rings. The third-order valence-electron chi connectivity index (χ3n) is 4.38. The first-order valence-electron chi connectivity index (χ1n) is 8.52. The Bertz CT molecular complexity index is 584. The van der Waals surface area contributed by atoms with Crippen LogP contribution in [0.5, 0.6) is 5.75 Å². The Balaban J connectivity index is 0.00000105. The van der Waals surface area contributed by atoms with Gasteiger partial charge in [-0.15, -0.1) is 0 Å². The van der Waals surface area contributed by atoms with E-state index in [4.69, 9.17) is 14.6 Å². The van der Waals surface area contributed by atoms with E-state index >= 15 is 0 Å². The third-order valence-corrected chi connectivity index (χ3v) is 4.38. The molecule has 26 heavy (non-hydrogen) atoms. The van der Waals surface area contributed by atoms with Crippen LogP contribution in [0.1, 0.15) is 24.8 Å². The zero-order chi connectivity index (χ0) is 19.5. The molecule has 1 saturated heterocycles. The van der Waals surface area contributed by atoms with Gasteiger partial charge in [0.25, 0.3) is 6.47 Å². The molecule has 8 heteroatoms. The average molecular weight is 369 g/mol. The number of hydrogen-bond acceptors (Lipinski definition) is 4. The number of nitrogens with one attached hydrogen (secondary N) is 1. The van der Waals surface area contributed by atoms with Crippen LogP contribution in [0.15, 0.2) is 18.2 Å². The normalized spacial score (nSPS) is 17.0. The van der Waals surface area contributed by atoms with Crippen molar-refractivity contribution in [3.05, 3.63) is 29.6 Å². The fraction of sp³-hybridized carbons (Fsp3) is 0.556. The van der Waals surface area contributed by atoms with Gasteiger partial charge in [-0.25, -0.2) is 9.18 Å². The van der Waals surface area contributed by atoms with E-state index in [2.05, 4.69) is 24.3 Å². The molecule has 1 aromatic carbocycles. The highest BCUT2D eigenvalue weighted by Gasteiger charge is 2.21. The van der Waals surface area contributed by atoms with Gasteiger partial charge in [0.1, 0.15) is 0 Å². The topological polar surface area (TPSA) is 82.1 Å². The fourth-order valence-electron chi connectivity index (χ4n) is 2.91. The summed E-state index contributed by atoms with van der Waals surface area (Å²) in [6.45, 7) is 1.59. The largest absolute Gasteiger partial charge is 0.494 e. The summed E-state index contributed by atoms with van der Waals surface area (Å²) in [6, 6.07) is 5.17. The molecule has 7 nitrogen and oxygen atoms in total. The maximum Gasteiger partial charge on any atom is 0.317 e. The second-order valence-electron chi connectivity index (χ2n) is 6.27. The van der Waals surface area contributed by atoms with E-state index < -0.39 is 5.82 Å². The van der Waals surface area contributed by atoms with Crippen LogP contribution in [-0.4, -0.2) is 67.7 Å². The molecule has 1 aromatic rings. The van der Waals surface area contributed by atoms with E-state index in [9.17, 15) is 9.18 Å². The quantitative estimate of drug-likeness (QED) is 0.795. The van der Waals surface area contributed by atoms with Crippen LogP contribution < -0.4 is 10.1 Å². The van der Waals surface area contributed by atoms with Gasteiger partial charge < -0.3 is 25.0 Å². The van der Waals surface area contributed by atoms with E-state index in [1.807, 2.05) is 4.90 Å². The van der Waals surface area contributed by atoms with E-state index in [1.54, 1.807) is 12.1 Å². The number of amides is 2. The maximum atomic E-state index is 13.6. The Morgan fingerprint density at radius 3 is 2.69 bits per heavy atom. The zero-order valence-corrected chi connectivity index (χ0v) is 15.6. The summed E-state index contributed by atoms with van der Waals surface area (Å²) in [7, 11) is 5.59. The smallest absolute Gasteiger partial charge is 0.317 e. The number of methoxy groups -OCH3 is 1. The molecule has 0 aliphatic carbocycles. The van der Waals surface area contributed by atoms with Crippen molar-refractivity contribution in [1.82, 2.24) is 15.1 Å². The van der Waals surface area contributed by atoms with Gasteiger partial charge >= 0.3 is 6.03 Å². The lowest BCUT2D eigenvalue weighted by atomic mass is 10.1. The lowest BCUT2D eigenvalue weighted by Crippen LogP contribution is -2.40. The number of benzene rings is 1. The molecule has 1 heterocycles. The standard InChI is InChI=1S/C17H26FN3O2.CH2O2/c1-20(2)14-5-4-9-21(10-8-14)17(22)19-12-13-6-7-16(23-3)15(18)11-13;2-1-3/h6-7,11,14H,4-5,8-10,12H2,1-3H3,(H,19,22);1H,(H,2,3). The molecule has 2 rings (SSSR count). The molecular weight excluding hydrogens is 341 g/mol. The van der Waals surface area contributed by atoms with Gasteiger partial charge in [-0.05, 0) is 51.1 Å². The minimum Gasteiger partial charge on any atom is -0.494 e.